The second-order valence-corrected chi connectivity index (χ2v) is 7.70. The molecule has 3 saturated heterocycles. The van der Waals surface area contributed by atoms with Crippen molar-refractivity contribution in [3.8, 4) is 0 Å². The maximum absolute atomic E-state index is 12.6. The number of carbonyl (C=O) groups excluding carboxylic acids is 1. The molecule has 6 nitrogen and oxygen atoms in total. The second-order valence-electron chi connectivity index (χ2n) is 7.70. The van der Waals surface area contributed by atoms with Crippen LogP contribution >= 0.6 is 0 Å². The summed E-state index contributed by atoms with van der Waals surface area (Å²) in [7, 11) is 2.19. The van der Waals surface area contributed by atoms with Crippen LogP contribution in [-0.4, -0.2) is 90.2 Å². The number of rotatable bonds is 2. The van der Waals surface area contributed by atoms with E-state index in [4.69, 9.17) is 4.74 Å². The zero-order chi connectivity index (χ0) is 17.3. The van der Waals surface area contributed by atoms with Gasteiger partial charge in [-0.1, -0.05) is 6.07 Å². The van der Waals surface area contributed by atoms with E-state index in [1.165, 1.54) is 0 Å². The first kappa shape index (κ1) is 16.9. The van der Waals surface area contributed by atoms with E-state index in [1.54, 1.807) is 12.3 Å². The Hall–Kier alpha value is -1.50. The lowest BCUT2D eigenvalue weighted by Crippen LogP contribution is -2.50. The van der Waals surface area contributed by atoms with Gasteiger partial charge in [0, 0.05) is 51.5 Å². The number of hydrogen-bond acceptors (Lipinski definition) is 5. The fourth-order valence-electron chi connectivity index (χ4n) is 4.36. The maximum Gasteiger partial charge on any atom is 0.272 e. The molecule has 0 saturated carbocycles. The molecule has 0 N–H and O–H groups in total. The number of aromatic nitrogens is 1. The molecule has 4 rings (SSSR count). The highest BCUT2D eigenvalue weighted by atomic mass is 16.5. The zero-order valence-electron chi connectivity index (χ0n) is 15.1. The van der Waals surface area contributed by atoms with E-state index in [9.17, 15) is 4.79 Å². The first-order valence-electron chi connectivity index (χ1n) is 9.42. The van der Waals surface area contributed by atoms with Crippen molar-refractivity contribution in [3.63, 3.8) is 0 Å². The summed E-state index contributed by atoms with van der Waals surface area (Å²) >= 11 is 0. The van der Waals surface area contributed by atoms with E-state index in [-0.39, 0.29) is 11.5 Å². The number of amides is 1. The number of hydrogen-bond donors (Lipinski definition) is 0. The van der Waals surface area contributed by atoms with Crippen molar-refractivity contribution in [1.82, 2.24) is 19.7 Å². The molecule has 3 aliphatic rings. The lowest BCUT2D eigenvalue weighted by Gasteiger charge is -2.39. The summed E-state index contributed by atoms with van der Waals surface area (Å²) in [5, 5.41) is 0. The van der Waals surface area contributed by atoms with Crippen molar-refractivity contribution in [3.05, 3.63) is 30.1 Å². The SMILES string of the molecule is CN1CCN([C@H]2COC3(CCN(C(=O)c4ccccn4)CC3)C2)CC1. The van der Waals surface area contributed by atoms with Crippen LogP contribution in [-0.2, 0) is 4.74 Å². The standard InChI is InChI=1S/C19H28N4O2/c1-21-10-12-22(13-11-21)16-14-19(25-15-16)5-8-23(9-6-19)18(24)17-4-2-3-7-20-17/h2-4,7,16H,5-6,8-15H2,1H3/t16-/m1/s1. The third-order valence-corrected chi connectivity index (χ3v) is 6.09. The Bertz CT molecular complexity index is 593. The van der Waals surface area contributed by atoms with E-state index in [1.807, 2.05) is 17.0 Å². The highest BCUT2D eigenvalue weighted by Crippen LogP contribution is 2.38. The zero-order valence-corrected chi connectivity index (χ0v) is 15.1. The van der Waals surface area contributed by atoms with E-state index in [2.05, 4.69) is 21.8 Å². The van der Waals surface area contributed by atoms with Crippen molar-refractivity contribution in [1.29, 1.82) is 0 Å². The summed E-state index contributed by atoms with van der Waals surface area (Å²) in [6, 6.07) is 6.05. The lowest BCUT2D eigenvalue weighted by molar-refractivity contribution is -0.0396. The van der Waals surface area contributed by atoms with Crippen molar-refractivity contribution < 1.29 is 9.53 Å². The minimum atomic E-state index is -0.0189. The molecule has 1 spiro atoms. The van der Waals surface area contributed by atoms with Crippen molar-refractivity contribution >= 4 is 5.91 Å². The molecule has 0 aromatic carbocycles. The summed E-state index contributed by atoms with van der Waals surface area (Å²) in [5.41, 5.74) is 0.524. The largest absolute Gasteiger partial charge is 0.373 e. The van der Waals surface area contributed by atoms with Crippen LogP contribution < -0.4 is 0 Å². The maximum atomic E-state index is 12.6. The first-order chi connectivity index (χ1) is 12.2. The van der Waals surface area contributed by atoms with E-state index >= 15 is 0 Å². The normalized spacial score (nSPS) is 27.7. The molecule has 0 unspecified atom stereocenters. The quantitative estimate of drug-likeness (QED) is 0.804. The molecular formula is C19H28N4O2. The molecule has 1 amide bonds. The van der Waals surface area contributed by atoms with Crippen LogP contribution in [0.25, 0.3) is 0 Å². The number of likely N-dealkylation sites (tertiary alicyclic amines) is 1. The van der Waals surface area contributed by atoms with Crippen molar-refractivity contribution in [2.75, 3.05) is 52.9 Å². The Morgan fingerprint density at radius 3 is 2.60 bits per heavy atom. The Morgan fingerprint density at radius 1 is 1.16 bits per heavy atom. The van der Waals surface area contributed by atoms with Crippen LogP contribution in [0, 0.1) is 0 Å². The summed E-state index contributed by atoms with van der Waals surface area (Å²) in [4.78, 5) is 23.7. The molecule has 3 fully saturated rings. The molecule has 1 atom stereocenters. The van der Waals surface area contributed by atoms with Crippen LogP contribution in [0.3, 0.4) is 0 Å². The van der Waals surface area contributed by atoms with E-state index < -0.39 is 0 Å². The predicted molar refractivity (Wildman–Crippen MR) is 95.5 cm³/mol. The molecule has 0 bridgehead atoms. The Kier molecular flexibility index (Phi) is 4.75. The Morgan fingerprint density at radius 2 is 1.92 bits per heavy atom. The molecule has 25 heavy (non-hydrogen) atoms. The number of likely N-dealkylation sites (N-methyl/N-ethyl adjacent to an activating group) is 1. The van der Waals surface area contributed by atoms with E-state index in [0.29, 0.717) is 11.7 Å². The molecule has 1 aromatic heterocycles. The smallest absolute Gasteiger partial charge is 0.272 e. The van der Waals surface area contributed by atoms with Gasteiger partial charge in [-0.2, -0.15) is 0 Å². The van der Waals surface area contributed by atoms with Gasteiger partial charge in [0.15, 0.2) is 0 Å². The number of carbonyl (C=O) groups is 1. The van der Waals surface area contributed by atoms with Gasteiger partial charge in [-0.15, -0.1) is 0 Å². The third kappa shape index (κ3) is 3.57. The Balaban J connectivity index is 1.32. The van der Waals surface area contributed by atoms with Crippen LogP contribution in [0.2, 0.25) is 0 Å². The molecular weight excluding hydrogens is 316 g/mol. The second kappa shape index (κ2) is 7.02. The van der Waals surface area contributed by atoms with Gasteiger partial charge in [0.05, 0.1) is 12.2 Å². The average Bonchev–Trinajstić information content (AvgIpc) is 3.07. The van der Waals surface area contributed by atoms with E-state index in [0.717, 1.165) is 65.1 Å². The van der Waals surface area contributed by atoms with Gasteiger partial charge >= 0.3 is 0 Å². The number of nitrogens with zero attached hydrogens (tertiary/aromatic N) is 4. The van der Waals surface area contributed by atoms with Crippen LogP contribution in [0.15, 0.2) is 24.4 Å². The summed E-state index contributed by atoms with van der Waals surface area (Å²) in [6.45, 7) is 6.97. The molecule has 1 aromatic rings. The lowest BCUT2D eigenvalue weighted by atomic mass is 9.87. The monoisotopic (exact) mass is 344 g/mol. The van der Waals surface area contributed by atoms with Crippen molar-refractivity contribution in [2.45, 2.75) is 30.9 Å². The van der Waals surface area contributed by atoms with Gasteiger partial charge in [0.25, 0.3) is 5.91 Å². The molecule has 4 heterocycles. The van der Waals surface area contributed by atoms with Gasteiger partial charge in [0.1, 0.15) is 5.69 Å². The number of piperazine rings is 1. The molecule has 0 aliphatic carbocycles. The van der Waals surface area contributed by atoms with Crippen LogP contribution in [0.5, 0.6) is 0 Å². The minimum Gasteiger partial charge on any atom is -0.373 e. The topological polar surface area (TPSA) is 48.9 Å². The van der Waals surface area contributed by atoms with Crippen LogP contribution in [0.4, 0.5) is 0 Å². The molecule has 136 valence electrons. The van der Waals surface area contributed by atoms with Gasteiger partial charge in [-0.3, -0.25) is 14.7 Å². The first-order valence-corrected chi connectivity index (χ1v) is 9.42. The third-order valence-electron chi connectivity index (χ3n) is 6.09. The number of ether oxygens (including phenoxy) is 1. The molecule has 0 radical (unpaired) electrons. The summed E-state index contributed by atoms with van der Waals surface area (Å²) < 4.78 is 6.30. The fourth-order valence-corrected chi connectivity index (χ4v) is 4.36. The fraction of sp³-hybridized carbons (Fsp3) is 0.684. The van der Waals surface area contributed by atoms with Crippen molar-refractivity contribution in [2.24, 2.45) is 0 Å². The van der Waals surface area contributed by atoms with Gasteiger partial charge < -0.3 is 14.5 Å². The molecule has 3 aliphatic heterocycles. The van der Waals surface area contributed by atoms with Gasteiger partial charge in [-0.05, 0) is 38.4 Å². The Labute approximate surface area is 149 Å². The highest BCUT2D eigenvalue weighted by molar-refractivity contribution is 5.92. The van der Waals surface area contributed by atoms with Crippen LogP contribution in [0.1, 0.15) is 29.8 Å². The molecule has 6 heteroatoms. The van der Waals surface area contributed by atoms with Gasteiger partial charge in [0.2, 0.25) is 0 Å². The number of piperidine rings is 1. The predicted octanol–water partition coefficient (Wildman–Crippen LogP) is 1.09. The highest BCUT2D eigenvalue weighted by Gasteiger charge is 2.45. The average molecular weight is 344 g/mol. The summed E-state index contributed by atoms with van der Waals surface area (Å²) in [5.74, 6) is 0.0454. The number of pyridine rings is 1. The van der Waals surface area contributed by atoms with Gasteiger partial charge in [-0.25, -0.2) is 0 Å². The summed E-state index contributed by atoms with van der Waals surface area (Å²) in [6.07, 6.45) is 4.67. The minimum absolute atomic E-state index is 0.0189.